The third-order valence-corrected chi connectivity index (χ3v) is 3.62. The average Bonchev–Trinajstić information content (AvgIpc) is 2.27. The van der Waals surface area contributed by atoms with Gasteiger partial charge in [-0.2, -0.15) is 0 Å². The highest BCUT2D eigenvalue weighted by atomic mass is 16.5. The largest absolute Gasteiger partial charge is 0.490 e. The van der Waals surface area contributed by atoms with Crippen LogP contribution in [-0.2, 0) is 9.53 Å². The summed E-state index contributed by atoms with van der Waals surface area (Å²) in [5, 5.41) is 0. The lowest BCUT2D eigenvalue weighted by Gasteiger charge is -2.33. The Morgan fingerprint density at radius 2 is 2.07 bits per heavy atom. The van der Waals surface area contributed by atoms with Gasteiger partial charge in [-0.05, 0) is 43.8 Å². The molecule has 15 heavy (non-hydrogen) atoms. The van der Waals surface area contributed by atoms with Crippen LogP contribution in [0.1, 0.15) is 44.9 Å². The van der Waals surface area contributed by atoms with Crippen LogP contribution in [0.3, 0.4) is 0 Å². The summed E-state index contributed by atoms with van der Waals surface area (Å²) in [7, 11) is 0. The minimum absolute atomic E-state index is 0.285. The number of rotatable bonds is 0. The summed E-state index contributed by atoms with van der Waals surface area (Å²) in [5.41, 5.74) is 2.24. The van der Waals surface area contributed by atoms with Gasteiger partial charge in [-0.15, -0.1) is 0 Å². The molecule has 0 unspecified atom stereocenters. The molecule has 0 radical (unpaired) electrons. The standard InChI is InChI=1S/C13H16O2/c14-11-5-3-7-13-10(11)8-9-4-1-2-6-12(9)15-13/h8,12H,1-7H2/t12-/m1/s1. The number of carbonyl (C=O) groups excluding carboxylic acids is 1. The molecule has 0 N–H and O–H groups in total. The molecule has 0 saturated heterocycles. The predicted molar refractivity (Wildman–Crippen MR) is 57.3 cm³/mol. The van der Waals surface area contributed by atoms with Crippen molar-refractivity contribution in [3.63, 3.8) is 0 Å². The molecule has 2 aliphatic carbocycles. The first-order valence-corrected chi connectivity index (χ1v) is 5.98. The molecule has 1 atom stereocenters. The van der Waals surface area contributed by atoms with Crippen molar-refractivity contribution in [3.8, 4) is 0 Å². The van der Waals surface area contributed by atoms with Crippen LogP contribution in [0, 0.1) is 0 Å². The van der Waals surface area contributed by atoms with Gasteiger partial charge in [0.05, 0.1) is 5.57 Å². The van der Waals surface area contributed by atoms with E-state index >= 15 is 0 Å². The summed E-state index contributed by atoms with van der Waals surface area (Å²) in [6.45, 7) is 0. The Morgan fingerprint density at radius 1 is 1.13 bits per heavy atom. The van der Waals surface area contributed by atoms with E-state index in [0.717, 1.165) is 37.0 Å². The Labute approximate surface area is 90.0 Å². The maximum Gasteiger partial charge on any atom is 0.166 e. The highest BCUT2D eigenvalue weighted by Crippen LogP contribution is 2.37. The lowest BCUT2D eigenvalue weighted by molar-refractivity contribution is -0.116. The highest BCUT2D eigenvalue weighted by Gasteiger charge is 2.30. The van der Waals surface area contributed by atoms with Crippen LogP contribution >= 0.6 is 0 Å². The zero-order valence-electron chi connectivity index (χ0n) is 8.92. The zero-order chi connectivity index (χ0) is 10.3. The molecule has 0 aromatic rings. The molecule has 0 spiro atoms. The Bertz CT molecular complexity index is 363. The summed E-state index contributed by atoms with van der Waals surface area (Å²) in [5.74, 6) is 1.26. The van der Waals surface area contributed by atoms with Crippen LogP contribution in [0.25, 0.3) is 0 Å². The molecular formula is C13H16O2. The second-order valence-electron chi connectivity index (χ2n) is 4.69. The van der Waals surface area contributed by atoms with Crippen molar-refractivity contribution >= 4 is 5.78 Å². The normalized spacial score (nSPS) is 30.3. The molecule has 1 aliphatic heterocycles. The quantitative estimate of drug-likeness (QED) is 0.606. The van der Waals surface area contributed by atoms with Crippen LogP contribution in [-0.4, -0.2) is 11.9 Å². The van der Waals surface area contributed by atoms with Gasteiger partial charge in [-0.3, -0.25) is 4.79 Å². The SMILES string of the molecule is O=C1CCCC2=C1C=C1CCCC[C@H]1O2. The molecule has 0 amide bonds. The van der Waals surface area contributed by atoms with E-state index in [-0.39, 0.29) is 5.78 Å². The molecular weight excluding hydrogens is 188 g/mol. The topological polar surface area (TPSA) is 26.3 Å². The number of ketones is 1. The fourth-order valence-corrected chi connectivity index (χ4v) is 2.78. The number of hydrogen-bond acceptors (Lipinski definition) is 2. The maximum atomic E-state index is 11.7. The Kier molecular flexibility index (Phi) is 2.15. The van der Waals surface area contributed by atoms with E-state index in [2.05, 4.69) is 6.08 Å². The number of ether oxygens (including phenoxy) is 1. The van der Waals surface area contributed by atoms with Crippen molar-refractivity contribution in [2.45, 2.75) is 51.0 Å². The molecule has 1 saturated carbocycles. The van der Waals surface area contributed by atoms with Gasteiger partial charge in [-0.1, -0.05) is 0 Å². The molecule has 2 heteroatoms. The van der Waals surface area contributed by atoms with Gasteiger partial charge >= 0.3 is 0 Å². The first-order valence-electron chi connectivity index (χ1n) is 5.98. The van der Waals surface area contributed by atoms with Gasteiger partial charge in [-0.25, -0.2) is 0 Å². The molecule has 2 nitrogen and oxygen atoms in total. The zero-order valence-corrected chi connectivity index (χ0v) is 8.92. The Morgan fingerprint density at radius 3 is 3.00 bits per heavy atom. The summed E-state index contributed by atoms with van der Waals surface area (Å²) in [4.78, 5) is 11.7. The minimum Gasteiger partial charge on any atom is -0.490 e. The van der Waals surface area contributed by atoms with Gasteiger partial charge in [0.2, 0.25) is 0 Å². The summed E-state index contributed by atoms with van der Waals surface area (Å²) >= 11 is 0. The van der Waals surface area contributed by atoms with Gasteiger partial charge < -0.3 is 4.74 Å². The number of carbonyl (C=O) groups is 1. The van der Waals surface area contributed by atoms with E-state index in [9.17, 15) is 4.79 Å². The fraction of sp³-hybridized carbons (Fsp3) is 0.615. The summed E-state index contributed by atoms with van der Waals surface area (Å²) in [6, 6.07) is 0. The molecule has 3 aliphatic rings. The van der Waals surface area contributed by atoms with E-state index in [1.807, 2.05) is 0 Å². The van der Waals surface area contributed by atoms with Gasteiger partial charge in [0.15, 0.2) is 5.78 Å². The van der Waals surface area contributed by atoms with E-state index < -0.39 is 0 Å². The van der Waals surface area contributed by atoms with E-state index in [1.165, 1.54) is 18.4 Å². The molecule has 0 aromatic heterocycles. The van der Waals surface area contributed by atoms with Crippen molar-refractivity contribution < 1.29 is 9.53 Å². The van der Waals surface area contributed by atoms with Crippen LogP contribution in [0.15, 0.2) is 23.0 Å². The Balaban J connectivity index is 1.95. The van der Waals surface area contributed by atoms with Gasteiger partial charge in [0, 0.05) is 12.8 Å². The van der Waals surface area contributed by atoms with E-state index in [1.54, 1.807) is 0 Å². The third kappa shape index (κ3) is 1.52. The molecule has 1 heterocycles. The van der Waals surface area contributed by atoms with Crippen molar-refractivity contribution in [1.29, 1.82) is 0 Å². The van der Waals surface area contributed by atoms with Crippen LogP contribution in [0.4, 0.5) is 0 Å². The van der Waals surface area contributed by atoms with Crippen LogP contribution in [0.5, 0.6) is 0 Å². The molecule has 1 fully saturated rings. The molecule has 3 rings (SSSR count). The van der Waals surface area contributed by atoms with Gasteiger partial charge in [0.25, 0.3) is 0 Å². The monoisotopic (exact) mass is 204 g/mol. The number of allylic oxidation sites excluding steroid dienone is 3. The molecule has 0 aromatic carbocycles. The number of fused-ring (bicyclic) bond motifs is 1. The maximum absolute atomic E-state index is 11.7. The first kappa shape index (κ1) is 9.20. The average molecular weight is 204 g/mol. The third-order valence-electron chi connectivity index (χ3n) is 3.62. The van der Waals surface area contributed by atoms with Crippen molar-refractivity contribution in [2.24, 2.45) is 0 Å². The van der Waals surface area contributed by atoms with Crippen LogP contribution < -0.4 is 0 Å². The van der Waals surface area contributed by atoms with E-state index in [0.29, 0.717) is 12.5 Å². The smallest absolute Gasteiger partial charge is 0.166 e. The van der Waals surface area contributed by atoms with Crippen LogP contribution in [0.2, 0.25) is 0 Å². The number of hydrogen-bond donors (Lipinski definition) is 0. The van der Waals surface area contributed by atoms with Crippen molar-refractivity contribution in [3.05, 3.63) is 23.0 Å². The molecule has 0 bridgehead atoms. The van der Waals surface area contributed by atoms with Crippen molar-refractivity contribution in [1.82, 2.24) is 0 Å². The fourth-order valence-electron chi connectivity index (χ4n) is 2.78. The Hall–Kier alpha value is -1.05. The first-order chi connectivity index (χ1) is 7.34. The summed E-state index contributed by atoms with van der Waals surface area (Å²) in [6.07, 6.45) is 9.82. The molecule has 80 valence electrons. The van der Waals surface area contributed by atoms with Crippen molar-refractivity contribution in [2.75, 3.05) is 0 Å². The minimum atomic E-state index is 0.285. The predicted octanol–water partition coefficient (Wildman–Crippen LogP) is 2.89. The second-order valence-corrected chi connectivity index (χ2v) is 4.69. The van der Waals surface area contributed by atoms with E-state index in [4.69, 9.17) is 4.74 Å². The highest BCUT2D eigenvalue weighted by molar-refractivity contribution is 5.99. The summed E-state index contributed by atoms with van der Waals surface area (Å²) < 4.78 is 5.96. The second kappa shape index (κ2) is 3.51. The lowest BCUT2D eigenvalue weighted by Crippen LogP contribution is -2.27. The lowest BCUT2D eigenvalue weighted by atomic mass is 9.85. The van der Waals surface area contributed by atoms with Gasteiger partial charge in [0.1, 0.15) is 11.9 Å². The number of Topliss-reactive ketones (excluding diaryl/α,β-unsaturated/α-hetero) is 1.